The van der Waals surface area contributed by atoms with E-state index in [1.807, 2.05) is 99.0 Å². The third-order valence-corrected chi connectivity index (χ3v) is 7.68. The summed E-state index contributed by atoms with van der Waals surface area (Å²) in [6, 6.07) is 25.7. The van der Waals surface area contributed by atoms with Crippen LogP contribution in [0.25, 0.3) is 16.5 Å². The van der Waals surface area contributed by atoms with Crippen molar-refractivity contribution in [1.82, 2.24) is 20.1 Å². The lowest BCUT2D eigenvalue weighted by Gasteiger charge is -2.15. The van der Waals surface area contributed by atoms with E-state index in [9.17, 15) is 9.59 Å². The van der Waals surface area contributed by atoms with Crippen LogP contribution in [0.1, 0.15) is 38.4 Å². The molecule has 7 nitrogen and oxygen atoms in total. The molecule has 0 aliphatic carbocycles. The van der Waals surface area contributed by atoms with Crippen LogP contribution in [0.2, 0.25) is 0 Å². The molecule has 0 bridgehead atoms. The molecule has 4 aromatic carbocycles. The Balaban J connectivity index is 1.38. The maximum Gasteiger partial charge on any atom is 0.252 e. The van der Waals surface area contributed by atoms with Gasteiger partial charge in [0, 0.05) is 11.3 Å². The molecule has 8 heteroatoms. The fourth-order valence-electron chi connectivity index (χ4n) is 4.58. The molecule has 0 radical (unpaired) electrons. The molecule has 0 aliphatic rings. The second kappa shape index (κ2) is 11.8. The molecule has 5 rings (SSSR count). The van der Waals surface area contributed by atoms with Gasteiger partial charge in [-0.15, -0.1) is 10.2 Å². The van der Waals surface area contributed by atoms with E-state index in [1.165, 1.54) is 11.8 Å². The number of hydrogen-bond acceptors (Lipinski definition) is 5. The summed E-state index contributed by atoms with van der Waals surface area (Å²) in [4.78, 5) is 26.1. The van der Waals surface area contributed by atoms with Gasteiger partial charge in [-0.1, -0.05) is 72.4 Å². The lowest BCUT2D eigenvalue weighted by molar-refractivity contribution is -0.113. The van der Waals surface area contributed by atoms with Gasteiger partial charge < -0.3 is 10.6 Å². The highest BCUT2D eigenvalue weighted by Crippen LogP contribution is 2.26. The largest absolute Gasteiger partial charge is 0.345 e. The van der Waals surface area contributed by atoms with Gasteiger partial charge in [0.1, 0.15) is 0 Å². The van der Waals surface area contributed by atoms with Gasteiger partial charge in [-0.2, -0.15) is 0 Å². The van der Waals surface area contributed by atoms with E-state index in [1.54, 1.807) is 0 Å². The van der Waals surface area contributed by atoms with Gasteiger partial charge in [-0.25, -0.2) is 0 Å². The van der Waals surface area contributed by atoms with Crippen molar-refractivity contribution < 1.29 is 9.59 Å². The zero-order valence-electron chi connectivity index (χ0n) is 23.0. The Bertz CT molecular complexity index is 1720. The van der Waals surface area contributed by atoms with Crippen LogP contribution in [0.3, 0.4) is 0 Å². The van der Waals surface area contributed by atoms with Crippen LogP contribution in [0.5, 0.6) is 0 Å². The van der Waals surface area contributed by atoms with Crippen molar-refractivity contribution in [2.45, 2.75) is 39.4 Å². The third kappa shape index (κ3) is 5.92. The zero-order valence-corrected chi connectivity index (χ0v) is 23.8. The molecule has 0 saturated carbocycles. The number of aryl methyl sites for hydroxylation is 4. The number of carbonyl (C=O) groups is 2. The van der Waals surface area contributed by atoms with Crippen LogP contribution in [0.4, 0.5) is 5.69 Å². The maximum atomic E-state index is 13.2. The number of rotatable bonds is 8. The molecule has 0 atom stereocenters. The molecular formula is C32H31N5O2S. The SMILES string of the molecule is Cc1ccc(C)c(NC(=O)CSc2nnc(CNC(=O)c3cccc4ccccc34)n2-c2cc(C)ccc2C)c1. The first kappa shape index (κ1) is 27.1. The molecule has 40 heavy (non-hydrogen) atoms. The van der Waals surface area contributed by atoms with Crippen molar-refractivity contribution in [2.24, 2.45) is 0 Å². The maximum absolute atomic E-state index is 13.2. The average molecular weight is 550 g/mol. The van der Waals surface area contributed by atoms with Gasteiger partial charge in [0.25, 0.3) is 5.91 Å². The quantitative estimate of drug-likeness (QED) is 0.221. The second-order valence-corrected chi connectivity index (χ2v) is 10.8. The summed E-state index contributed by atoms with van der Waals surface area (Å²) in [5.74, 6) is 0.438. The predicted molar refractivity (Wildman–Crippen MR) is 161 cm³/mol. The molecular weight excluding hydrogens is 518 g/mol. The minimum absolute atomic E-state index is 0.125. The number of anilines is 1. The highest BCUT2D eigenvalue weighted by atomic mass is 32.2. The third-order valence-electron chi connectivity index (χ3n) is 6.75. The first-order valence-electron chi connectivity index (χ1n) is 13.1. The van der Waals surface area contributed by atoms with E-state index in [0.717, 1.165) is 44.4 Å². The van der Waals surface area contributed by atoms with Crippen LogP contribution >= 0.6 is 11.8 Å². The molecule has 5 aromatic rings. The Morgan fingerprint density at radius 1 is 0.825 bits per heavy atom. The van der Waals surface area contributed by atoms with Gasteiger partial charge in [0.05, 0.1) is 18.0 Å². The van der Waals surface area contributed by atoms with Gasteiger partial charge in [0.15, 0.2) is 11.0 Å². The van der Waals surface area contributed by atoms with Gasteiger partial charge in [-0.05, 0) is 78.9 Å². The molecule has 1 aromatic heterocycles. The highest BCUT2D eigenvalue weighted by molar-refractivity contribution is 7.99. The predicted octanol–water partition coefficient (Wildman–Crippen LogP) is 6.31. The molecule has 0 fully saturated rings. The second-order valence-electron chi connectivity index (χ2n) is 9.89. The number of hydrogen-bond donors (Lipinski definition) is 2. The Kier molecular flexibility index (Phi) is 7.98. The summed E-state index contributed by atoms with van der Waals surface area (Å²) in [7, 11) is 0. The molecule has 1 heterocycles. The number of nitrogens with zero attached hydrogens (tertiary/aromatic N) is 3. The first-order chi connectivity index (χ1) is 19.3. The Morgan fingerprint density at radius 2 is 1.55 bits per heavy atom. The lowest BCUT2D eigenvalue weighted by Crippen LogP contribution is -2.25. The number of aromatic nitrogens is 3. The summed E-state index contributed by atoms with van der Waals surface area (Å²) in [6.45, 7) is 8.20. The van der Waals surface area contributed by atoms with Gasteiger partial charge in [0.2, 0.25) is 5.91 Å². The molecule has 2 N–H and O–H groups in total. The lowest BCUT2D eigenvalue weighted by atomic mass is 10.0. The number of fused-ring (bicyclic) bond motifs is 1. The summed E-state index contributed by atoms with van der Waals surface area (Å²) in [5, 5.41) is 17.4. The zero-order chi connectivity index (χ0) is 28.2. The van der Waals surface area contributed by atoms with Crippen molar-refractivity contribution in [2.75, 3.05) is 11.1 Å². The summed E-state index contributed by atoms with van der Waals surface area (Å²) in [6.07, 6.45) is 0. The standard InChI is InChI=1S/C32H31N5O2S/c1-20-12-14-22(3)27(16-20)34-30(38)19-40-32-36-35-29(37(32)28-17-21(2)13-15-23(28)4)18-33-31(39)26-11-7-9-24-8-5-6-10-25(24)26/h5-17H,18-19H2,1-4H3,(H,33,39)(H,34,38). The van der Waals surface area contributed by atoms with Crippen molar-refractivity contribution in [3.8, 4) is 5.69 Å². The van der Waals surface area contributed by atoms with Gasteiger partial charge in [-0.3, -0.25) is 14.2 Å². The van der Waals surface area contributed by atoms with Crippen LogP contribution in [0.15, 0.2) is 84.0 Å². The molecule has 0 unspecified atom stereocenters. The molecule has 0 aliphatic heterocycles. The average Bonchev–Trinajstić information content (AvgIpc) is 3.36. The summed E-state index contributed by atoms with van der Waals surface area (Å²) >= 11 is 1.31. The van der Waals surface area contributed by atoms with Crippen molar-refractivity contribution in [1.29, 1.82) is 0 Å². The minimum Gasteiger partial charge on any atom is -0.345 e. The van der Waals surface area contributed by atoms with E-state index in [4.69, 9.17) is 0 Å². The summed E-state index contributed by atoms with van der Waals surface area (Å²) in [5.41, 5.74) is 6.53. The Labute approximate surface area is 238 Å². The normalized spacial score (nSPS) is 11.0. The Morgan fingerprint density at radius 3 is 2.38 bits per heavy atom. The number of nitrogens with one attached hydrogen (secondary N) is 2. The fourth-order valence-corrected chi connectivity index (χ4v) is 5.34. The van der Waals surface area contributed by atoms with E-state index >= 15 is 0 Å². The first-order valence-corrected chi connectivity index (χ1v) is 14.1. The monoisotopic (exact) mass is 549 g/mol. The van der Waals surface area contributed by atoms with Crippen molar-refractivity contribution in [3.63, 3.8) is 0 Å². The van der Waals surface area contributed by atoms with Crippen LogP contribution in [-0.4, -0.2) is 32.3 Å². The number of amides is 2. The van der Waals surface area contributed by atoms with E-state index in [2.05, 4.69) is 33.0 Å². The summed E-state index contributed by atoms with van der Waals surface area (Å²) < 4.78 is 1.93. The molecule has 0 spiro atoms. The topological polar surface area (TPSA) is 88.9 Å². The van der Waals surface area contributed by atoms with Crippen molar-refractivity contribution in [3.05, 3.63) is 113 Å². The smallest absolute Gasteiger partial charge is 0.252 e. The van der Waals surface area contributed by atoms with Crippen molar-refractivity contribution >= 4 is 40.0 Å². The highest BCUT2D eigenvalue weighted by Gasteiger charge is 2.19. The van der Waals surface area contributed by atoms with Gasteiger partial charge >= 0.3 is 0 Å². The Hall–Kier alpha value is -4.43. The van der Waals surface area contributed by atoms with E-state index in [-0.39, 0.29) is 24.1 Å². The molecule has 2 amide bonds. The number of thioether (sulfide) groups is 1. The van der Waals surface area contributed by atoms with E-state index < -0.39 is 0 Å². The van der Waals surface area contributed by atoms with E-state index in [0.29, 0.717) is 16.5 Å². The minimum atomic E-state index is -0.186. The fraction of sp³-hybridized carbons (Fsp3) is 0.188. The number of carbonyl (C=O) groups excluding carboxylic acids is 2. The van der Waals surface area contributed by atoms with Crippen LogP contribution in [-0.2, 0) is 11.3 Å². The molecule has 202 valence electrons. The molecule has 0 saturated heterocycles. The number of benzene rings is 4. The van der Waals surface area contributed by atoms with Crippen LogP contribution < -0.4 is 10.6 Å². The van der Waals surface area contributed by atoms with Crippen LogP contribution in [0, 0.1) is 27.7 Å².